The number of rotatable bonds is 8. The summed E-state index contributed by atoms with van der Waals surface area (Å²) in [6.45, 7) is 6.37. The summed E-state index contributed by atoms with van der Waals surface area (Å²) in [5, 5.41) is 10.9. The van der Waals surface area contributed by atoms with E-state index >= 15 is 0 Å². The lowest BCUT2D eigenvalue weighted by Crippen LogP contribution is -2.24. The molecule has 0 aliphatic rings. The maximum atomic E-state index is 12.9. The van der Waals surface area contributed by atoms with Crippen LogP contribution in [0.4, 0.5) is 5.69 Å². The van der Waals surface area contributed by atoms with Crippen LogP contribution in [0, 0.1) is 0 Å². The lowest BCUT2D eigenvalue weighted by molar-refractivity contribution is -0.116. The molecule has 0 atom stereocenters. The van der Waals surface area contributed by atoms with Crippen LogP contribution in [0.25, 0.3) is 5.69 Å². The number of anilines is 1. The van der Waals surface area contributed by atoms with Crippen molar-refractivity contribution in [2.24, 2.45) is 0 Å². The first-order chi connectivity index (χ1) is 14.9. The molecule has 6 nitrogen and oxygen atoms in total. The Morgan fingerprint density at radius 1 is 1.13 bits per heavy atom. The molecule has 0 unspecified atom stereocenters. The van der Waals surface area contributed by atoms with Crippen LogP contribution >= 0.6 is 11.6 Å². The molecule has 0 bridgehead atoms. The molecule has 0 saturated carbocycles. The number of aromatic nitrogens is 2. The van der Waals surface area contributed by atoms with Crippen LogP contribution in [-0.4, -0.2) is 21.6 Å². The zero-order valence-electron chi connectivity index (χ0n) is 18.0. The fourth-order valence-electron chi connectivity index (χ4n) is 3.36. The van der Waals surface area contributed by atoms with Crippen LogP contribution < -0.4 is 10.6 Å². The number of hydrogen-bond donors (Lipinski definition) is 2. The minimum absolute atomic E-state index is 0.0140. The summed E-state index contributed by atoms with van der Waals surface area (Å²) in [7, 11) is 0. The lowest BCUT2D eigenvalue weighted by atomic mass is 10.0. The second-order valence-corrected chi connectivity index (χ2v) is 8.10. The van der Waals surface area contributed by atoms with Gasteiger partial charge in [0, 0.05) is 23.7 Å². The van der Waals surface area contributed by atoms with Crippen molar-refractivity contribution in [1.82, 2.24) is 15.1 Å². The van der Waals surface area contributed by atoms with Crippen molar-refractivity contribution in [3.63, 3.8) is 0 Å². The topological polar surface area (TPSA) is 76.0 Å². The Kier molecular flexibility index (Phi) is 7.47. The van der Waals surface area contributed by atoms with Gasteiger partial charge in [0.15, 0.2) is 0 Å². The molecular weight excluding hydrogens is 412 g/mol. The minimum Gasteiger partial charge on any atom is -0.348 e. The highest BCUT2D eigenvalue weighted by atomic mass is 35.5. The number of nitrogens with zero attached hydrogens (tertiary/aromatic N) is 2. The van der Waals surface area contributed by atoms with Gasteiger partial charge in [0.1, 0.15) is 0 Å². The van der Waals surface area contributed by atoms with Gasteiger partial charge in [-0.15, -0.1) is 0 Å². The summed E-state index contributed by atoms with van der Waals surface area (Å²) in [6, 6.07) is 14.8. The standard InChI is InChI=1S/C24H27ClN4O2/c1-4-6-22(30)28-19-8-5-7-17(13-19)14-26-24(31)21-15-27-29(23(21)16(2)3)20-11-9-18(25)10-12-20/h5,7-13,15-16H,4,6,14H2,1-3H3,(H,26,31)(H,28,30). The minimum atomic E-state index is -0.190. The number of halogens is 1. The van der Waals surface area contributed by atoms with Gasteiger partial charge >= 0.3 is 0 Å². The van der Waals surface area contributed by atoms with Crippen molar-refractivity contribution in [2.75, 3.05) is 5.32 Å². The van der Waals surface area contributed by atoms with Crippen LogP contribution in [0.2, 0.25) is 5.02 Å². The SMILES string of the molecule is CCCC(=O)Nc1cccc(CNC(=O)c2cnn(-c3ccc(Cl)cc3)c2C(C)C)c1. The predicted molar refractivity (Wildman–Crippen MR) is 124 cm³/mol. The van der Waals surface area contributed by atoms with Gasteiger partial charge in [0.05, 0.1) is 23.1 Å². The van der Waals surface area contributed by atoms with Crippen molar-refractivity contribution in [2.45, 2.75) is 46.1 Å². The number of nitrogens with one attached hydrogen (secondary N) is 2. The number of carbonyl (C=O) groups excluding carboxylic acids is 2. The summed E-state index contributed by atoms with van der Waals surface area (Å²) in [6.07, 6.45) is 2.88. The molecule has 162 valence electrons. The number of benzene rings is 2. The summed E-state index contributed by atoms with van der Waals surface area (Å²) >= 11 is 5.99. The van der Waals surface area contributed by atoms with E-state index in [1.54, 1.807) is 23.0 Å². The second kappa shape index (κ2) is 10.3. The third-order valence-electron chi connectivity index (χ3n) is 4.81. The first kappa shape index (κ1) is 22.6. The molecule has 7 heteroatoms. The summed E-state index contributed by atoms with van der Waals surface area (Å²) in [4.78, 5) is 24.8. The summed E-state index contributed by atoms with van der Waals surface area (Å²) < 4.78 is 1.78. The number of hydrogen-bond acceptors (Lipinski definition) is 3. The van der Waals surface area contributed by atoms with Crippen molar-refractivity contribution < 1.29 is 9.59 Å². The van der Waals surface area contributed by atoms with Gasteiger partial charge < -0.3 is 10.6 Å². The van der Waals surface area contributed by atoms with Gasteiger partial charge in [-0.3, -0.25) is 9.59 Å². The van der Waals surface area contributed by atoms with Crippen LogP contribution in [0.3, 0.4) is 0 Å². The van der Waals surface area contributed by atoms with Crippen molar-refractivity contribution in [1.29, 1.82) is 0 Å². The molecule has 0 saturated heterocycles. The van der Waals surface area contributed by atoms with Crippen molar-refractivity contribution in [3.8, 4) is 5.69 Å². The van der Waals surface area contributed by atoms with Crippen LogP contribution in [0.1, 0.15) is 61.1 Å². The fourth-order valence-corrected chi connectivity index (χ4v) is 3.49. The quantitative estimate of drug-likeness (QED) is 0.499. The van der Waals surface area contributed by atoms with Crippen molar-refractivity contribution >= 4 is 29.1 Å². The van der Waals surface area contributed by atoms with Crippen LogP contribution in [0.15, 0.2) is 54.7 Å². The molecule has 0 fully saturated rings. The Morgan fingerprint density at radius 3 is 2.55 bits per heavy atom. The van der Waals surface area contributed by atoms with E-state index in [1.807, 2.05) is 57.2 Å². The highest BCUT2D eigenvalue weighted by molar-refractivity contribution is 6.30. The first-order valence-electron chi connectivity index (χ1n) is 10.4. The molecule has 3 aromatic rings. The van der Waals surface area contributed by atoms with Gasteiger partial charge in [-0.2, -0.15) is 5.10 Å². The average Bonchev–Trinajstić information content (AvgIpc) is 3.18. The third kappa shape index (κ3) is 5.73. The van der Waals surface area contributed by atoms with Gasteiger partial charge in [-0.1, -0.05) is 44.5 Å². The normalized spacial score (nSPS) is 10.9. The van der Waals surface area contributed by atoms with Gasteiger partial charge in [-0.25, -0.2) is 4.68 Å². The second-order valence-electron chi connectivity index (χ2n) is 7.67. The molecular formula is C24H27ClN4O2. The molecule has 2 N–H and O–H groups in total. The van der Waals surface area contributed by atoms with E-state index in [0.29, 0.717) is 23.6 Å². The molecule has 1 aromatic heterocycles. The number of carbonyl (C=O) groups is 2. The molecule has 0 spiro atoms. The van der Waals surface area contributed by atoms with Gasteiger partial charge in [0.2, 0.25) is 5.91 Å². The van der Waals surface area contributed by atoms with Crippen LogP contribution in [-0.2, 0) is 11.3 Å². The van der Waals surface area contributed by atoms with Crippen LogP contribution in [0.5, 0.6) is 0 Å². The third-order valence-corrected chi connectivity index (χ3v) is 5.06. The largest absolute Gasteiger partial charge is 0.348 e. The molecule has 0 aliphatic heterocycles. The predicted octanol–water partition coefficient (Wildman–Crippen LogP) is 5.32. The summed E-state index contributed by atoms with van der Waals surface area (Å²) in [5.74, 6) is -0.111. The molecule has 3 rings (SSSR count). The average molecular weight is 439 g/mol. The smallest absolute Gasteiger partial charge is 0.255 e. The van der Waals surface area contributed by atoms with E-state index in [2.05, 4.69) is 15.7 Å². The van der Waals surface area contributed by atoms with Gasteiger partial charge in [-0.05, 0) is 54.3 Å². The lowest BCUT2D eigenvalue weighted by Gasteiger charge is -2.13. The Balaban J connectivity index is 1.74. The zero-order chi connectivity index (χ0) is 22.4. The van der Waals surface area contributed by atoms with E-state index in [4.69, 9.17) is 11.6 Å². The van der Waals surface area contributed by atoms with E-state index in [-0.39, 0.29) is 17.7 Å². The summed E-state index contributed by atoms with van der Waals surface area (Å²) in [5.41, 5.74) is 3.85. The van der Waals surface area contributed by atoms with E-state index < -0.39 is 0 Å². The van der Waals surface area contributed by atoms with E-state index in [1.165, 1.54) is 0 Å². The highest BCUT2D eigenvalue weighted by Gasteiger charge is 2.20. The molecule has 1 heterocycles. The molecule has 0 aliphatic carbocycles. The number of amides is 2. The Bertz CT molecular complexity index is 1060. The Hall–Kier alpha value is -3.12. The highest BCUT2D eigenvalue weighted by Crippen LogP contribution is 2.24. The van der Waals surface area contributed by atoms with E-state index in [0.717, 1.165) is 29.1 Å². The molecule has 31 heavy (non-hydrogen) atoms. The molecule has 2 aromatic carbocycles. The molecule has 2 amide bonds. The molecule has 0 radical (unpaired) electrons. The zero-order valence-corrected chi connectivity index (χ0v) is 18.7. The maximum absolute atomic E-state index is 12.9. The van der Waals surface area contributed by atoms with Crippen molar-refractivity contribution in [3.05, 3.63) is 76.6 Å². The van der Waals surface area contributed by atoms with E-state index in [9.17, 15) is 9.59 Å². The maximum Gasteiger partial charge on any atom is 0.255 e. The first-order valence-corrected chi connectivity index (χ1v) is 10.8. The Labute approximate surface area is 187 Å². The van der Waals surface area contributed by atoms with Gasteiger partial charge in [0.25, 0.3) is 5.91 Å². The Morgan fingerprint density at radius 2 is 1.87 bits per heavy atom. The monoisotopic (exact) mass is 438 g/mol. The fraction of sp³-hybridized carbons (Fsp3) is 0.292.